The molecule has 0 saturated carbocycles. The average Bonchev–Trinajstić information content (AvgIpc) is 2.27. The monoisotopic (exact) mass is 219 g/mol. The van der Waals surface area contributed by atoms with E-state index in [0.717, 1.165) is 38.4 Å². The number of hydrogen-bond acceptors (Lipinski definition) is 3. The van der Waals surface area contributed by atoms with Crippen LogP contribution in [0.15, 0.2) is 18.2 Å². The number of rotatable bonds is 2. The van der Waals surface area contributed by atoms with Crippen molar-refractivity contribution in [2.75, 3.05) is 39.0 Å². The topological polar surface area (TPSA) is 32.5 Å². The normalized spacial score (nSPS) is 18.9. The van der Waals surface area contributed by atoms with Gasteiger partial charge in [0.05, 0.1) is 0 Å². The van der Waals surface area contributed by atoms with Crippen LogP contribution in [0.4, 0.5) is 5.69 Å². The summed E-state index contributed by atoms with van der Waals surface area (Å²) in [5, 5.41) is 0. The van der Waals surface area contributed by atoms with E-state index in [2.05, 4.69) is 35.9 Å². The average molecular weight is 219 g/mol. The van der Waals surface area contributed by atoms with Gasteiger partial charge in [-0.05, 0) is 25.6 Å². The highest BCUT2D eigenvalue weighted by molar-refractivity contribution is 5.48. The fourth-order valence-electron chi connectivity index (χ4n) is 2.12. The van der Waals surface area contributed by atoms with Gasteiger partial charge in [0.1, 0.15) is 0 Å². The van der Waals surface area contributed by atoms with E-state index in [0.29, 0.717) is 0 Å². The van der Waals surface area contributed by atoms with Crippen LogP contribution in [-0.2, 0) is 6.54 Å². The molecule has 3 heteroatoms. The molecule has 1 aliphatic rings. The first kappa shape index (κ1) is 11.4. The number of nitrogen functional groups attached to an aromatic ring is 1. The molecule has 0 atom stereocenters. The second-order valence-electron chi connectivity index (χ2n) is 4.78. The molecule has 88 valence electrons. The van der Waals surface area contributed by atoms with Crippen LogP contribution in [0.1, 0.15) is 11.1 Å². The fraction of sp³-hybridized carbons (Fsp3) is 0.538. The van der Waals surface area contributed by atoms with E-state index in [1.54, 1.807) is 0 Å². The fourth-order valence-corrected chi connectivity index (χ4v) is 2.12. The quantitative estimate of drug-likeness (QED) is 0.762. The van der Waals surface area contributed by atoms with Gasteiger partial charge in [0.25, 0.3) is 0 Å². The van der Waals surface area contributed by atoms with Crippen molar-refractivity contribution in [1.29, 1.82) is 0 Å². The van der Waals surface area contributed by atoms with E-state index in [-0.39, 0.29) is 0 Å². The molecule has 0 radical (unpaired) electrons. The smallest absolute Gasteiger partial charge is 0.0359 e. The first-order valence-corrected chi connectivity index (χ1v) is 5.91. The van der Waals surface area contributed by atoms with Crippen LogP contribution < -0.4 is 5.73 Å². The van der Waals surface area contributed by atoms with Crippen LogP contribution in [0.5, 0.6) is 0 Å². The van der Waals surface area contributed by atoms with Gasteiger partial charge in [-0.2, -0.15) is 0 Å². The van der Waals surface area contributed by atoms with Crippen LogP contribution >= 0.6 is 0 Å². The molecule has 0 aromatic heterocycles. The Balaban J connectivity index is 2.00. The zero-order chi connectivity index (χ0) is 11.5. The molecule has 0 amide bonds. The van der Waals surface area contributed by atoms with Gasteiger partial charge >= 0.3 is 0 Å². The van der Waals surface area contributed by atoms with Gasteiger partial charge in [-0.1, -0.05) is 17.7 Å². The van der Waals surface area contributed by atoms with Gasteiger partial charge in [-0.15, -0.1) is 0 Å². The van der Waals surface area contributed by atoms with E-state index in [1.165, 1.54) is 11.1 Å². The zero-order valence-electron chi connectivity index (χ0n) is 10.2. The zero-order valence-corrected chi connectivity index (χ0v) is 10.2. The number of aryl methyl sites for hydroxylation is 1. The highest BCUT2D eigenvalue weighted by Crippen LogP contribution is 2.16. The molecule has 0 spiro atoms. The molecule has 1 fully saturated rings. The Labute approximate surface area is 97.8 Å². The van der Waals surface area contributed by atoms with Crippen molar-refractivity contribution in [3.05, 3.63) is 29.3 Å². The van der Waals surface area contributed by atoms with Gasteiger partial charge in [-0.25, -0.2) is 0 Å². The minimum Gasteiger partial charge on any atom is -0.398 e. The molecule has 0 unspecified atom stereocenters. The van der Waals surface area contributed by atoms with E-state index in [1.807, 2.05) is 6.07 Å². The highest BCUT2D eigenvalue weighted by Gasteiger charge is 2.14. The number of benzene rings is 1. The van der Waals surface area contributed by atoms with Gasteiger partial charge in [0.15, 0.2) is 0 Å². The maximum atomic E-state index is 6.00. The standard InChI is InChI=1S/C13H21N3/c1-11-3-4-13(14)12(9-11)10-16-7-5-15(2)6-8-16/h3-4,9H,5-8,10,14H2,1-2H3. The summed E-state index contributed by atoms with van der Waals surface area (Å²) in [6.07, 6.45) is 0. The lowest BCUT2D eigenvalue weighted by Gasteiger charge is -2.32. The number of anilines is 1. The van der Waals surface area contributed by atoms with Gasteiger partial charge in [-0.3, -0.25) is 4.90 Å². The summed E-state index contributed by atoms with van der Waals surface area (Å²) < 4.78 is 0. The SMILES string of the molecule is Cc1ccc(N)c(CN2CCN(C)CC2)c1. The molecule has 1 aromatic rings. The maximum Gasteiger partial charge on any atom is 0.0359 e. The minimum atomic E-state index is 0.921. The molecule has 3 nitrogen and oxygen atoms in total. The summed E-state index contributed by atoms with van der Waals surface area (Å²) >= 11 is 0. The first-order valence-electron chi connectivity index (χ1n) is 5.91. The Morgan fingerprint density at radius 3 is 2.56 bits per heavy atom. The lowest BCUT2D eigenvalue weighted by atomic mass is 10.1. The minimum absolute atomic E-state index is 0.921. The Kier molecular flexibility index (Phi) is 3.46. The molecule has 1 aliphatic heterocycles. The molecule has 1 heterocycles. The van der Waals surface area contributed by atoms with Crippen LogP contribution in [0.3, 0.4) is 0 Å². The number of piperazine rings is 1. The van der Waals surface area contributed by atoms with Crippen LogP contribution in [-0.4, -0.2) is 43.0 Å². The molecule has 1 aromatic carbocycles. The van der Waals surface area contributed by atoms with Crippen molar-refractivity contribution in [3.63, 3.8) is 0 Å². The molecule has 2 rings (SSSR count). The molecule has 0 bridgehead atoms. The van der Waals surface area contributed by atoms with Crippen molar-refractivity contribution >= 4 is 5.69 Å². The van der Waals surface area contributed by atoms with Crippen molar-refractivity contribution in [3.8, 4) is 0 Å². The summed E-state index contributed by atoms with van der Waals surface area (Å²) in [5.74, 6) is 0. The molecular weight excluding hydrogens is 198 g/mol. The van der Waals surface area contributed by atoms with Crippen LogP contribution in [0.2, 0.25) is 0 Å². The third-order valence-electron chi connectivity index (χ3n) is 3.29. The van der Waals surface area contributed by atoms with E-state index in [9.17, 15) is 0 Å². The Morgan fingerprint density at radius 2 is 1.88 bits per heavy atom. The van der Waals surface area contributed by atoms with Gasteiger partial charge < -0.3 is 10.6 Å². The predicted molar refractivity (Wildman–Crippen MR) is 68.4 cm³/mol. The van der Waals surface area contributed by atoms with Gasteiger partial charge in [0.2, 0.25) is 0 Å². The summed E-state index contributed by atoms with van der Waals surface area (Å²) in [4.78, 5) is 4.85. The molecule has 16 heavy (non-hydrogen) atoms. The van der Waals surface area contributed by atoms with E-state index in [4.69, 9.17) is 5.73 Å². The largest absolute Gasteiger partial charge is 0.398 e. The van der Waals surface area contributed by atoms with E-state index >= 15 is 0 Å². The predicted octanol–water partition coefficient (Wildman–Crippen LogP) is 1.32. The third-order valence-corrected chi connectivity index (χ3v) is 3.29. The third kappa shape index (κ3) is 2.74. The number of likely N-dealkylation sites (N-methyl/N-ethyl adjacent to an activating group) is 1. The molecule has 2 N–H and O–H groups in total. The molecule has 1 saturated heterocycles. The van der Waals surface area contributed by atoms with Gasteiger partial charge in [0, 0.05) is 38.4 Å². The Bertz CT molecular complexity index is 354. The van der Waals surface area contributed by atoms with E-state index < -0.39 is 0 Å². The highest BCUT2D eigenvalue weighted by atomic mass is 15.2. The van der Waals surface area contributed by atoms with Crippen molar-refractivity contribution in [2.24, 2.45) is 0 Å². The van der Waals surface area contributed by atoms with Crippen molar-refractivity contribution in [1.82, 2.24) is 9.80 Å². The summed E-state index contributed by atoms with van der Waals surface area (Å²) in [6, 6.07) is 6.29. The van der Waals surface area contributed by atoms with Crippen molar-refractivity contribution < 1.29 is 0 Å². The second-order valence-corrected chi connectivity index (χ2v) is 4.78. The molecular formula is C13H21N3. The lowest BCUT2D eigenvalue weighted by molar-refractivity contribution is 0.148. The first-order chi connectivity index (χ1) is 7.65. The number of nitrogens with two attached hydrogens (primary N) is 1. The number of nitrogens with zero attached hydrogens (tertiary/aromatic N) is 2. The Hall–Kier alpha value is -1.06. The molecule has 0 aliphatic carbocycles. The summed E-state index contributed by atoms with van der Waals surface area (Å²) in [5.41, 5.74) is 9.48. The maximum absolute atomic E-state index is 6.00. The Morgan fingerprint density at radius 1 is 1.19 bits per heavy atom. The van der Waals surface area contributed by atoms with Crippen molar-refractivity contribution in [2.45, 2.75) is 13.5 Å². The number of hydrogen-bond donors (Lipinski definition) is 1. The lowest BCUT2D eigenvalue weighted by Crippen LogP contribution is -2.43. The summed E-state index contributed by atoms with van der Waals surface area (Å²) in [7, 11) is 2.18. The van der Waals surface area contributed by atoms with Crippen LogP contribution in [0, 0.1) is 6.92 Å². The van der Waals surface area contributed by atoms with Crippen LogP contribution in [0.25, 0.3) is 0 Å². The second kappa shape index (κ2) is 4.85. The summed E-state index contributed by atoms with van der Waals surface area (Å²) in [6.45, 7) is 7.71.